The van der Waals surface area contributed by atoms with Crippen LogP contribution >= 0.6 is 11.3 Å². The number of thiazole rings is 1. The predicted molar refractivity (Wildman–Crippen MR) is 114 cm³/mol. The van der Waals surface area contributed by atoms with Gasteiger partial charge in [0.1, 0.15) is 12.4 Å². The monoisotopic (exact) mass is 416 g/mol. The van der Waals surface area contributed by atoms with E-state index in [4.69, 9.17) is 0 Å². The number of anilines is 1. The summed E-state index contributed by atoms with van der Waals surface area (Å²) in [5.74, 6) is -0.208. The minimum absolute atomic E-state index is 0.117. The largest absolute Gasteiger partial charge is 0.322 e. The third-order valence-electron chi connectivity index (χ3n) is 4.58. The van der Waals surface area contributed by atoms with Crippen LogP contribution in [-0.2, 0) is 24.3 Å². The van der Waals surface area contributed by atoms with Crippen LogP contribution in [0, 0.1) is 18.7 Å². The maximum Gasteiger partial charge on any atom is 0.308 e. The smallest absolute Gasteiger partial charge is 0.308 e. The fraction of sp³-hybridized carbons (Fsp3) is 0.381. The molecule has 0 fully saturated rings. The Morgan fingerprint density at radius 1 is 1.28 bits per heavy atom. The lowest BCUT2D eigenvalue weighted by Gasteiger charge is -2.12. The van der Waals surface area contributed by atoms with E-state index in [1.54, 1.807) is 18.3 Å². The molecule has 3 rings (SSSR count). The summed E-state index contributed by atoms with van der Waals surface area (Å²) >= 11 is 1.08. The molecule has 2 heterocycles. The molecule has 0 spiro atoms. The molecule has 0 bridgehead atoms. The van der Waals surface area contributed by atoms with Gasteiger partial charge in [-0.25, -0.2) is 4.39 Å². The molecule has 1 N–H and O–H groups in total. The molecule has 0 atom stereocenters. The molecule has 0 aliphatic rings. The number of amides is 1. The van der Waals surface area contributed by atoms with Gasteiger partial charge in [-0.3, -0.25) is 18.8 Å². The van der Waals surface area contributed by atoms with E-state index in [-0.39, 0.29) is 23.1 Å². The van der Waals surface area contributed by atoms with Crippen molar-refractivity contribution < 1.29 is 9.18 Å². The first-order chi connectivity index (χ1) is 13.8. The van der Waals surface area contributed by atoms with E-state index in [1.165, 1.54) is 16.7 Å². The number of carbonyl (C=O) groups is 1. The highest BCUT2D eigenvalue weighted by molar-refractivity contribution is 7.09. The normalized spacial score (nSPS) is 11.2. The zero-order chi connectivity index (χ0) is 21.1. The summed E-state index contributed by atoms with van der Waals surface area (Å²) < 4.78 is 16.6. The van der Waals surface area contributed by atoms with Crippen LogP contribution in [0.4, 0.5) is 10.1 Å². The van der Waals surface area contributed by atoms with Crippen LogP contribution in [-0.4, -0.2) is 20.3 Å². The minimum Gasteiger partial charge on any atom is -0.322 e. The molecule has 3 aromatic rings. The van der Waals surface area contributed by atoms with Crippen molar-refractivity contribution >= 4 is 22.9 Å². The summed E-state index contributed by atoms with van der Waals surface area (Å²) in [6, 6.07) is 5.92. The molecule has 0 saturated heterocycles. The minimum atomic E-state index is -0.348. The van der Waals surface area contributed by atoms with Crippen LogP contribution in [0.25, 0.3) is 11.3 Å². The molecule has 2 aromatic heterocycles. The van der Waals surface area contributed by atoms with Gasteiger partial charge in [-0.15, -0.1) is 0 Å². The molecule has 1 amide bonds. The number of nitrogens with zero attached hydrogens (tertiary/aromatic N) is 3. The zero-order valence-electron chi connectivity index (χ0n) is 17.0. The molecular formula is C21H25FN4O2S. The van der Waals surface area contributed by atoms with Gasteiger partial charge in [0.15, 0.2) is 0 Å². The summed E-state index contributed by atoms with van der Waals surface area (Å²) in [5.41, 5.74) is 2.97. The number of aryl methyl sites for hydroxylation is 1. The summed E-state index contributed by atoms with van der Waals surface area (Å²) in [7, 11) is 0. The average molecular weight is 417 g/mol. The Hall–Kier alpha value is -2.74. The number of aromatic nitrogens is 3. The molecule has 8 heteroatoms. The molecule has 1 aromatic carbocycles. The van der Waals surface area contributed by atoms with Crippen molar-refractivity contribution in [3.05, 3.63) is 56.5 Å². The number of nitrogens with one attached hydrogen (secondary N) is 1. The van der Waals surface area contributed by atoms with E-state index >= 15 is 0 Å². The first kappa shape index (κ1) is 21.0. The number of halogens is 1. The molecule has 29 heavy (non-hydrogen) atoms. The highest BCUT2D eigenvalue weighted by Gasteiger charge is 2.18. The van der Waals surface area contributed by atoms with Crippen molar-refractivity contribution in [1.82, 2.24) is 14.3 Å². The molecule has 0 saturated carbocycles. The predicted octanol–water partition coefficient (Wildman–Crippen LogP) is 4.08. The van der Waals surface area contributed by atoms with Gasteiger partial charge in [-0.1, -0.05) is 32.1 Å². The van der Waals surface area contributed by atoms with Gasteiger partial charge in [-0.2, -0.15) is 5.10 Å². The standard InChI is InChI=1S/C21H25FN4O2S/c1-5-18-17(10-23-26(18)11-13(2)3)24-19(27)12-25-20(14(4)29-21(25)28)15-6-8-16(22)9-7-15/h6-10,13H,5,11-12H2,1-4H3,(H,24,27). The third-order valence-corrected chi connectivity index (χ3v) is 5.47. The molecule has 0 unspecified atom stereocenters. The maximum atomic E-state index is 13.3. The van der Waals surface area contributed by atoms with E-state index in [2.05, 4.69) is 24.3 Å². The van der Waals surface area contributed by atoms with E-state index < -0.39 is 0 Å². The van der Waals surface area contributed by atoms with Gasteiger partial charge in [0, 0.05) is 11.4 Å². The first-order valence-corrected chi connectivity index (χ1v) is 10.4. The number of benzene rings is 1. The summed E-state index contributed by atoms with van der Waals surface area (Å²) in [4.78, 5) is 25.7. The molecule has 0 radical (unpaired) electrons. The average Bonchev–Trinajstić information content (AvgIpc) is 3.15. The highest BCUT2D eigenvalue weighted by Crippen LogP contribution is 2.25. The van der Waals surface area contributed by atoms with Crippen LogP contribution in [0.1, 0.15) is 31.3 Å². The van der Waals surface area contributed by atoms with Crippen molar-refractivity contribution in [3.8, 4) is 11.3 Å². The molecular weight excluding hydrogens is 391 g/mol. The van der Waals surface area contributed by atoms with Gasteiger partial charge in [0.05, 0.1) is 23.3 Å². The maximum absolute atomic E-state index is 13.3. The third kappa shape index (κ3) is 4.64. The van der Waals surface area contributed by atoms with Gasteiger partial charge in [0.2, 0.25) is 5.91 Å². The fourth-order valence-electron chi connectivity index (χ4n) is 3.35. The topological polar surface area (TPSA) is 68.9 Å². The lowest BCUT2D eigenvalue weighted by atomic mass is 10.1. The van der Waals surface area contributed by atoms with Gasteiger partial charge >= 0.3 is 4.87 Å². The number of hydrogen-bond acceptors (Lipinski definition) is 4. The van der Waals surface area contributed by atoms with Crippen molar-refractivity contribution in [2.24, 2.45) is 5.92 Å². The second-order valence-corrected chi connectivity index (χ2v) is 8.51. The number of hydrogen-bond donors (Lipinski definition) is 1. The summed E-state index contributed by atoms with van der Waals surface area (Å²) in [6.45, 7) is 8.72. The van der Waals surface area contributed by atoms with Crippen LogP contribution in [0.15, 0.2) is 35.3 Å². The lowest BCUT2D eigenvalue weighted by Crippen LogP contribution is -2.25. The fourth-order valence-corrected chi connectivity index (χ4v) is 4.20. The van der Waals surface area contributed by atoms with Gasteiger partial charge in [-0.05, 0) is 49.1 Å². The van der Waals surface area contributed by atoms with Crippen molar-refractivity contribution in [2.75, 3.05) is 5.32 Å². The van der Waals surface area contributed by atoms with E-state index in [9.17, 15) is 14.0 Å². The molecule has 0 aliphatic heterocycles. The van der Waals surface area contributed by atoms with Gasteiger partial charge in [0.25, 0.3) is 0 Å². The second-order valence-electron chi connectivity index (χ2n) is 7.35. The quantitative estimate of drug-likeness (QED) is 0.631. The Bertz CT molecular complexity index is 1060. The molecule has 154 valence electrons. The van der Waals surface area contributed by atoms with Crippen LogP contribution in [0.5, 0.6) is 0 Å². The van der Waals surface area contributed by atoms with Crippen molar-refractivity contribution in [1.29, 1.82) is 0 Å². The van der Waals surface area contributed by atoms with Crippen LogP contribution in [0.3, 0.4) is 0 Å². The lowest BCUT2D eigenvalue weighted by molar-refractivity contribution is -0.116. The van der Waals surface area contributed by atoms with Crippen LogP contribution in [0.2, 0.25) is 0 Å². The summed E-state index contributed by atoms with van der Waals surface area (Å²) in [5, 5.41) is 7.27. The number of rotatable bonds is 7. The second kappa shape index (κ2) is 8.73. The highest BCUT2D eigenvalue weighted by atomic mass is 32.1. The Kier molecular flexibility index (Phi) is 6.32. The van der Waals surface area contributed by atoms with E-state index in [0.717, 1.165) is 34.9 Å². The Morgan fingerprint density at radius 2 is 1.97 bits per heavy atom. The van der Waals surface area contributed by atoms with Gasteiger partial charge < -0.3 is 5.32 Å². The SMILES string of the molecule is CCc1c(NC(=O)Cn2c(-c3ccc(F)cc3)c(C)sc2=O)cnn1CC(C)C. The Labute approximate surface area is 173 Å². The summed E-state index contributed by atoms with van der Waals surface area (Å²) in [6.07, 6.45) is 2.39. The molecule has 6 nitrogen and oxygen atoms in total. The van der Waals surface area contributed by atoms with Crippen LogP contribution < -0.4 is 10.2 Å². The Balaban J connectivity index is 1.84. The van der Waals surface area contributed by atoms with E-state index in [1.807, 2.05) is 18.5 Å². The Morgan fingerprint density at radius 3 is 2.59 bits per heavy atom. The first-order valence-electron chi connectivity index (χ1n) is 9.60. The molecule has 0 aliphatic carbocycles. The zero-order valence-corrected chi connectivity index (χ0v) is 17.8. The van der Waals surface area contributed by atoms with Crippen molar-refractivity contribution in [2.45, 2.75) is 47.2 Å². The number of carbonyl (C=O) groups excluding carboxylic acids is 1. The van der Waals surface area contributed by atoms with Crippen molar-refractivity contribution in [3.63, 3.8) is 0 Å². The van der Waals surface area contributed by atoms with E-state index in [0.29, 0.717) is 22.9 Å².